The summed E-state index contributed by atoms with van der Waals surface area (Å²) < 4.78 is 0. The lowest BCUT2D eigenvalue weighted by atomic mass is 9.77. The number of unbranched alkanes of at least 4 members (excludes halogenated alkanes) is 1. The lowest BCUT2D eigenvalue weighted by Gasteiger charge is -2.26. The first kappa shape index (κ1) is 34.3. The zero-order chi connectivity index (χ0) is 35.3. The molecule has 0 radical (unpaired) electrons. The molecular formula is C44H36N6. The summed E-state index contributed by atoms with van der Waals surface area (Å²) in [6.07, 6.45) is 19.0. The fraction of sp³-hybridized carbons (Fsp3) is 0.0455. The lowest BCUT2D eigenvalue weighted by molar-refractivity contribution is 1.05. The van der Waals surface area contributed by atoms with Gasteiger partial charge >= 0.3 is 0 Å². The SMILES string of the molecule is C=Cc1c(C=C)c(-c2ccc(-c3cc(C#N)ccn3)nc2)c(-c2ccccc2)c(-c2ccccc2)c1C(/C=C\CC/C=C(C#N)\C=C/N)=C/N. The van der Waals surface area contributed by atoms with Crippen LogP contribution in [-0.2, 0) is 0 Å². The minimum Gasteiger partial charge on any atom is -0.405 e. The third kappa shape index (κ3) is 7.42. The minimum absolute atomic E-state index is 0.518. The molecule has 0 amide bonds. The Morgan fingerprint density at radius 3 is 2.00 bits per heavy atom. The Morgan fingerprint density at radius 1 is 0.720 bits per heavy atom. The van der Waals surface area contributed by atoms with Crippen LogP contribution >= 0.6 is 0 Å². The number of aromatic nitrogens is 2. The maximum absolute atomic E-state index is 9.42. The number of benzene rings is 3. The van der Waals surface area contributed by atoms with Crippen LogP contribution in [0.2, 0.25) is 0 Å². The van der Waals surface area contributed by atoms with E-state index in [1.807, 2.05) is 79.0 Å². The molecule has 50 heavy (non-hydrogen) atoms. The van der Waals surface area contributed by atoms with Crippen LogP contribution in [-0.4, -0.2) is 9.97 Å². The van der Waals surface area contributed by atoms with Crippen molar-refractivity contribution in [1.82, 2.24) is 9.97 Å². The molecular weight excluding hydrogens is 613 g/mol. The largest absolute Gasteiger partial charge is 0.405 e. The van der Waals surface area contributed by atoms with Gasteiger partial charge in [-0.25, -0.2) is 0 Å². The van der Waals surface area contributed by atoms with Crippen molar-refractivity contribution in [3.63, 3.8) is 0 Å². The minimum atomic E-state index is 0.518. The van der Waals surface area contributed by atoms with E-state index in [9.17, 15) is 10.5 Å². The highest BCUT2D eigenvalue weighted by atomic mass is 14.8. The van der Waals surface area contributed by atoms with Gasteiger partial charge in [-0.1, -0.05) is 110 Å². The fourth-order valence-corrected chi connectivity index (χ4v) is 5.96. The van der Waals surface area contributed by atoms with Gasteiger partial charge in [0.25, 0.3) is 0 Å². The summed E-state index contributed by atoms with van der Waals surface area (Å²) in [5, 5.41) is 18.8. The van der Waals surface area contributed by atoms with Crippen molar-refractivity contribution >= 4 is 17.7 Å². The van der Waals surface area contributed by atoms with Gasteiger partial charge in [-0.05, 0) is 93.4 Å². The number of nitriles is 2. The number of hydrogen-bond acceptors (Lipinski definition) is 6. The van der Waals surface area contributed by atoms with Crippen molar-refractivity contribution in [3.05, 3.63) is 175 Å². The summed E-state index contributed by atoms with van der Waals surface area (Å²) in [5.74, 6) is 0. The molecule has 0 saturated carbocycles. The molecule has 0 atom stereocenters. The summed E-state index contributed by atoms with van der Waals surface area (Å²) in [6, 6.07) is 32.2. The van der Waals surface area contributed by atoms with E-state index in [-0.39, 0.29) is 0 Å². The van der Waals surface area contributed by atoms with E-state index >= 15 is 0 Å². The Morgan fingerprint density at radius 2 is 1.42 bits per heavy atom. The van der Waals surface area contributed by atoms with E-state index in [0.29, 0.717) is 35.4 Å². The summed E-state index contributed by atoms with van der Waals surface area (Å²) in [6.45, 7) is 8.54. The van der Waals surface area contributed by atoms with Gasteiger partial charge in [0.05, 0.1) is 29.1 Å². The van der Waals surface area contributed by atoms with Crippen molar-refractivity contribution < 1.29 is 0 Å². The first-order valence-corrected chi connectivity index (χ1v) is 16.1. The fourth-order valence-electron chi connectivity index (χ4n) is 5.96. The van der Waals surface area contributed by atoms with Crippen LogP contribution in [0.15, 0.2) is 153 Å². The molecule has 242 valence electrons. The van der Waals surface area contributed by atoms with E-state index in [2.05, 4.69) is 60.6 Å². The summed E-state index contributed by atoms with van der Waals surface area (Å²) in [5.41, 5.74) is 23.5. The van der Waals surface area contributed by atoms with Crippen molar-refractivity contribution in [3.8, 4) is 56.9 Å². The molecule has 2 heterocycles. The van der Waals surface area contributed by atoms with Gasteiger partial charge in [0.15, 0.2) is 0 Å². The highest BCUT2D eigenvalue weighted by molar-refractivity contribution is 6.07. The number of pyridine rings is 2. The average molecular weight is 649 g/mol. The second-order valence-corrected chi connectivity index (χ2v) is 11.2. The molecule has 0 fully saturated rings. The third-order valence-corrected chi connectivity index (χ3v) is 8.18. The average Bonchev–Trinajstić information content (AvgIpc) is 3.18. The van der Waals surface area contributed by atoms with Gasteiger partial charge in [0.2, 0.25) is 0 Å². The topological polar surface area (TPSA) is 125 Å². The number of nitrogens with zero attached hydrogens (tertiary/aromatic N) is 4. The van der Waals surface area contributed by atoms with Crippen molar-refractivity contribution in [1.29, 1.82) is 10.5 Å². The van der Waals surface area contributed by atoms with E-state index in [1.54, 1.807) is 30.6 Å². The monoisotopic (exact) mass is 648 g/mol. The molecule has 0 unspecified atom stereocenters. The molecule has 3 aromatic carbocycles. The molecule has 6 heteroatoms. The van der Waals surface area contributed by atoms with Crippen LogP contribution < -0.4 is 11.5 Å². The second kappa shape index (κ2) is 16.7. The van der Waals surface area contributed by atoms with Crippen LogP contribution in [0.1, 0.15) is 35.1 Å². The quantitative estimate of drug-likeness (QED) is 0.0788. The van der Waals surface area contributed by atoms with Crippen molar-refractivity contribution in [2.45, 2.75) is 12.8 Å². The molecule has 4 N–H and O–H groups in total. The van der Waals surface area contributed by atoms with Crippen LogP contribution in [0.5, 0.6) is 0 Å². The summed E-state index contributed by atoms with van der Waals surface area (Å²) in [7, 11) is 0. The van der Waals surface area contributed by atoms with Crippen molar-refractivity contribution in [2.24, 2.45) is 11.5 Å². The first-order valence-electron chi connectivity index (χ1n) is 16.1. The molecule has 6 nitrogen and oxygen atoms in total. The van der Waals surface area contributed by atoms with E-state index < -0.39 is 0 Å². The van der Waals surface area contributed by atoms with Gasteiger partial charge in [-0.2, -0.15) is 10.5 Å². The number of nitrogens with two attached hydrogens (primary N) is 2. The Bertz CT molecular complexity index is 2210. The van der Waals surface area contributed by atoms with Gasteiger partial charge in [0, 0.05) is 29.7 Å². The molecule has 0 bridgehead atoms. The second-order valence-electron chi connectivity index (χ2n) is 11.2. The predicted octanol–water partition coefficient (Wildman–Crippen LogP) is 9.86. The van der Waals surface area contributed by atoms with Crippen LogP contribution in [0.25, 0.3) is 62.5 Å². The Labute approximate surface area is 293 Å². The maximum atomic E-state index is 9.42. The summed E-state index contributed by atoms with van der Waals surface area (Å²) in [4.78, 5) is 9.26. The highest BCUT2D eigenvalue weighted by Crippen LogP contribution is 2.49. The Balaban J connectivity index is 1.78. The third-order valence-electron chi connectivity index (χ3n) is 8.18. The van der Waals surface area contributed by atoms with Gasteiger partial charge < -0.3 is 11.5 Å². The van der Waals surface area contributed by atoms with Gasteiger partial charge in [0.1, 0.15) is 0 Å². The summed E-state index contributed by atoms with van der Waals surface area (Å²) >= 11 is 0. The Hall–Kier alpha value is -7.02. The smallest absolute Gasteiger partial charge is 0.0992 e. The van der Waals surface area contributed by atoms with Crippen LogP contribution in [0.3, 0.4) is 0 Å². The van der Waals surface area contributed by atoms with E-state index in [1.165, 1.54) is 6.20 Å². The number of rotatable bonds is 12. The lowest BCUT2D eigenvalue weighted by Crippen LogP contribution is -2.04. The van der Waals surface area contributed by atoms with Gasteiger partial charge in [-0.15, -0.1) is 0 Å². The molecule has 0 saturated heterocycles. The zero-order valence-corrected chi connectivity index (χ0v) is 27.6. The van der Waals surface area contributed by atoms with Crippen LogP contribution in [0.4, 0.5) is 0 Å². The molecule has 0 aliphatic rings. The van der Waals surface area contributed by atoms with E-state index in [4.69, 9.17) is 16.5 Å². The molecule has 5 aromatic rings. The number of allylic oxidation sites excluding steroid dienone is 6. The van der Waals surface area contributed by atoms with Crippen LogP contribution in [0, 0.1) is 22.7 Å². The maximum Gasteiger partial charge on any atom is 0.0992 e. The highest BCUT2D eigenvalue weighted by Gasteiger charge is 2.26. The molecule has 0 aliphatic heterocycles. The zero-order valence-electron chi connectivity index (χ0n) is 27.6. The molecule has 2 aromatic heterocycles. The predicted molar refractivity (Wildman–Crippen MR) is 206 cm³/mol. The van der Waals surface area contributed by atoms with Gasteiger partial charge in [-0.3, -0.25) is 9.97 Å². The molecule has 0 aliphatic carbocycles. The standard InChI is InChI=1S/C44H36N6/c1-3-37-38(4-2)42(36-20-21-39(50-30-36)40-26-32(28-47)23-25-49-40)44(34-17-11-7-12-18-34)43(33-15-9-6-10-16-33)41(37)35(29-48)19-13-5-8-14-31(27-46)22-24-45/h3-4,6-7,9-26,29-30H,1-2,5,8,45,48H2/b19-13-,24-22-,31-14+,35-29+. The molecule has 5 rings (SSSR count). The first-order chi connectivity index (χ1) is 24.6. The Kier molecular flexibility index (Phi) is 11.5. The van der Waals surface area contributed by atoms with Crippen molar-refractivity contribution in [2.75, 3.05) is 0 Å². The van der Waals surface area contributed by atoms with E-state index in [0.717, 1.165) is 55.6 Å². The number of hydrogen-bond donors (Lipinski definition) is 2. The normalized spacial score (nSPS) is 11.7. The molecule has 0 spiro atoms.